The number of likely N-dealkylation sites (tertiary alicyclic amines) is 1. The summed E-state index contributed by atoms with van der Waals surface area (Å²) in [4.78, 5) is 62.3. The van der Waals surface area contributed by atoms with Gasteiger partial charge in [-0.2, -0.15) is 0 Å². The van der Waals surface area contributed by atoms with E-state index in [2.05, 4.69) is 32.5 Å². The number of nitrogens with zero attached hydrogens (tertiary/aromatic N) is 4. The molecule has 3 amide bonds. The minimum Gasteiger partial charge on any atom is -0.370 e. The van der Waals surface area contributed by atoms with E-state index in [1.54, 1.807) is 6.07 Å². The molecular formula is C29H45FN8O4. The number of anilines is 1. The highest BCUT2D eigenvalue weighted by Gasteiger charge is 2.39. The minimum absolute atomic E-state index is 0.0953. The lowest BCUT2D eigenvalue weighted by Gasteiger charge is -2.34. The first kappa shape index (κ1) is 32.8. The van der Waals surface area contributed by atoms with E-state index in [9.17, 15) is 23.6 Å². The van der Waals surface area contributed by atoms with E-state index < -0.39 is 36.5 Å². The molecule has 2 saturated heterocycles. The quantitative estimate of drug-likeness (QED) is 0.145. The number of amides is 3. The number of hydrogen-bond donors (Lipinski definition) is 4. The maximum absolute atomic E-state index is 13.7. The minimum atomic E-state index is -1.22. The van der Waals surface area contributed by atoms with Crippen LogP contribution in [-0.4, -0.2) is 110 Å². The Balaban J connectivity index is 1.67. The second-order valence-electron chi connectivity index (χ2n) is 11.3. The van der Waals surface area contributed by atoms with Crippen LogP contribution >= 0.6 is 0 Å². The van der Waals surface area contributed by atoms with Gasteiger partial charge < -0.3 is 36.8 Å². The molecule has 2 aliphatic rings. The highest BCUT2D eigenvalue weighted by atomic mass is 19.1. The Morgan fingerprint density at radius 3 is 2.43 bits per heavy atom. The zero-order valence-corrected chi connectivity index (χ0v) is 24.9. The highest BCUT2D eigenvalue weighted by Crippen LogP contribution is 2.22. The van der Waals surface area contributed by atoms with Gasteiger partial charge in [-0.3, -0.25) is 24.2 Å². The third-order valence-electron chi connectivity index (χ3n) is 7.82. The molecule has 1 aromatic rings. The third-order valence-corrected chi connectivity index (χ3v) is 7.82. The lowest BCUT2D eigenvalue weighted by molar-refractivity contribution is -0.141. The topological polar surface area (TPSA) is 166 Å². The van der Waals surface area contributed by atoms with Crippen LogP contribution in [0.4, 0.5) is 10.1 Å². The van der Waals surface area contributed by atoms with E-state index in [4.69, 9.17) is 11.5 Å². The van der Waals surface area contributed by atoms with Crippen LogP contribution in [0.15, 0.2) is 29.3 Å². The number of nitrogens with one attached hydrogen (secondary N) is 2. The normalized spacial score (nSPS) is 18.8. The predicted octanol–water partition coefficient (Wildman–Crippen LogP) is 0.261. The fourth-order valence-electron chi connectivity index (χ4n) is 5.31. The van der Waals surface area contributed by atoms with Crippen molar-refractivity contribution in [3.63, 3.8) is 0 Å². The largest absolute Gasteiger partial charge is 0.370 e. The van der Waals surface area contributed by atoms with Crippen molar-refractivity contribution in [2.45, 2.75) is 57.7 Å². The lowest BCUT2D eigenvalue weighted by atomic mass is 10.0. The standard InChI is InChI=1S/C29H45FN8O4/c1-19(2)25(35-26(40)20-7-4-8-21(17-20)37-15-13-36(3)14-16-37)28(42)38-12-6-10-23(38)27(41)34-22(24(39)18-30)9-5-11-33-29(31)32/h4,7-8,17,19,22-23,25H,5-6,9-16,18H2,1-3H3,(H,34,41)(H,35,40)(H4,31,32,33)/t22-,23-,25-/m0/s1. The van der Waals surface area contributed by atoms with Gasteiger partial charge in [-0.15, -0.1) is 0 Å². The molecule has 12 nitrogen and oxygen atoms in total. The molecule has 2 fully saturated rings. The van der Waals surface area contributed by atoms with Crippen molar-refractivity contribution in [2.24, 2.45) is 22.4 Å². The Kier molecular flexibility index (Phi) is 12.1. The lowest BCUT2D eigenvalue weighted by Crippen LogP contribution is -2.56. The zero-order valence-electron chi connectivity index (χ0n) is 24.9. The van der Waals surface area contributed by atoms with Crippen LogP contribution in [-0.2, 0) is 14.4 Å². The van der Waals surface area contributed by atoms with E-state index in [0.717, 1.165) is 31.9 Å². The number of carbonyl (C=O) groups is 4. The number of hydrogen-bond acceptors (Lipinski definition) is 7. The number of guanidine groups is 1. The molecule has 0 radical (unpaired) electrons. The van der Waals surface area contributed by atoms with Gasteiger partial charge in [0.25, 0.3) is 5.91 Å². The van der Waals surface area contributed by atoms with Gasteiger partial charge in [-0.25, -0.2) is 4.39 Å². The second-order valence-corrected chi connectivity index (χ2v) is 11.3. The van der Waals surface area contributed by atoms with Gasteiger partial charge in [0.1, 0.15) is 18.8 Å². The van der Waals surface area contributed by atoms with Crippen molar-refractivity contribution in [3.8, 4) is 0 Å². The maximum atomic E-state index is 13.7. The van der Waals surface area contributed by atoms with E-state index in [1.807, 2.05) is 32.0 Å². The van der Waals surface area contributed by atoms with Crippen LogP contribution in [0.25, 0.3) is 0 Å². The molecule has 3 atom stereocenters. The van der Waals surface area contributed by atoms with Crippen molar-refractivity contribution in [1.82, 2.24) is 20.4 Å². The van der Waals surface area contributed by atoms with Crippen LogP contribution in [0.2, 0.25) is 0 Å². The Bertz CT molecular complexity index is 1130. The Morgan fingerprint density at radius 2 is 1.79 bits per heavy atom. The SMILES string of the molecule is CC(C)[C@H](NC(=O)c1cccc(N2CCN(C)CC2)c1)C(=O)N1CCC[C@H]1C(=O)N[C@@H](CCCN=C(N)N)C(=O)CF. The smallest absolute Gasteiger partial charge is 0.252 e. The molecule has 0 saturated carbocycles. The summed E-state index contributed by atoms with van der Waals surface area (Å²) in [6, 6.07) is 4.62. The summed E-state index contributed by atoms with van der Waals surface area (Å²) in [5, 5.41) is 5.52. The number of ketones is 1. The molecule has 0 bridgehead atoms. The number of carbonyl (C=O) groups excluding carboxylic acids is 4. The van der Waals surface area contributed by atoms with Crippen LogP contribution in [0.3, 0.4) is 0 Å². The average molecular weight is 589 g/mol. The molecular weight excluding hydrogens is 543 g/mol. The van der Waals surface area contributed by atoms with Crippen molar-refractivity contribution in [1.29, 1.82) is 0 Å². The van der Waals surface area contributed by atoms with Crippen molar-refractivity contribution in [2.75, 3.05) is 57.9 Å². The number of benzene rings is 1. The first-order chi connectivity index (χ1) is 20.0. The maximum Gasteiger partial charge on any atom is 0.252 e. The number of alkyl halides is 1. The fourth-order valence-corrected chi connectivity index (χ4v) is 5.31. The van der Waals surface area contributed by atoms with E-state index >= 15 is 0 Å². The number of likely N-dealkylation sites (N-methyl/N-ethyl adjacent to an activating group) is 1. The van der Waals surface area contributed by atoms with E-state index in [1.165, 1.54) is 4.90 Å². The fraction of sp³-hybridized carbons (Fsp3) is 0.621. The first-order valence-electron chi connectivity index (χ1n) is 14.6. The van der Waals surface area contributed by atoms with E-state index in [-0.39, 0.29) is 36.7 Å². The molecule has 13 heteroatoms. The molecule has 2 heterocycles. The molecule has 3 rings (SSSR count). The molecule has 0 aliphatic carbocycles. The Morgan fingerprint density at radius 1 is 1.07 bits per heavy atom. The number of piperazine rings is 1. The van der Waals surface area contributed by atoms with Gasteiger partial charge in [0.2, 0.25) is 11.8 Å². The summed E-state index contributed by atoms with van der Waals surface area (Å²) in [6.45, 7) is 6.61. The second kappa shape index (κ2) is 15.5. The summed E-state index contributed by atoms with van der Waals surface area (Å²) >= 11 is 0. The van der Waals surface area contributed by atoms with E-state index in [0.29, 0.717) is 31.4 Å². The van der Waals surface area contributed by atoms with Gasteiger partial charge in [0.15, 0.2) is 11.7 Å². The summed E-state index contributed by atoms with van der Waals surface area (Å²) in [6.07, 6.45) is 1.50. The van der Waals surface area contributed by atoms with Gasteiger partial charge in [0.05, 0.1) is 6.04 Å². The van der Waals surface area contributed by atoms with Gasteiger partial charge in [-0.1, -0.05) is 19.9 Å². The monoisotopic (exact) mass is 588 g/mol. The summed E-state index contributed by atoms with van der Waals surface area (Å²) in [5.41, 5.74) is 12.0. The van der Waals surface area contributed by atoms with Gasteiger partial charge in [0, 0.05) is 50.5 Å². The predicted molar refractivity (Wildman–Crippen MR) is 160 cm³/mol. The van der Waals surface area contributed by atoms with Crippen LogP contribution in [0.5, 0.6) is 0 Å². The van der Waals surface area contributed by atoms with Crippen molar-refractivity contribution in [3.05, 3.63) is 29.8 Å². The Hall–Kier alpha value is -3.74. The molecule has 0 unspecified atom stereocenters. The number of nitrogens with two attached hydrogens (primary N) is 2. The number of rotatable bonds is 13. The van der Waals surface area contributed by atoms with Crippen LogP contribution < -0.4 is 27.0 Å². The number of aliphatic imine (C=N–C) groups is 1. The summed E-state index contributed by atoms with van der Waals surface area (Å²) < 4.78 is 13.2. The molecule has 2 aliphatic heterocycles. The third kappa shape index (κ3) is 8.88. The van der Waals surface area contributed by atoms with Gasteiger partial charge in [-0.05, 0) is 56.8 Å². The van der Waals surface area contributed by atoms with Gasteiger partial charge >= 0.3 is 0 Å². The van der Waals surface area contributed by atoms with Crippen LogP contribution in [0.1, 0.15) is 49.9 Å². The highest BCUT2D eigenvalue weighted by molar-refractivity contribution is 5.99. The van der Waals surface area contributed by atoms with Crippen molar-refractivity contribution < 1.29 is 23.6 Å². The average Bonchev–Trinajstić information content (AvgIpc) is 3.47. The molecule has 42 heavy (non-hydrogen) atoms. The summed E-state index contributed by atoms with van der Waals surface area (Å²) in [7, 11) is 2.08. The molecule has 232 valence electrons. The zero-order chi connectivity index (χ0) is 30.8. The Labute approximate surface area is 247 Å². The summed E-state index contributed by atoms with van der Waals surface area (Å²) in [5.74, 6) is -2.36. The molecule has 0 aromatic heterocycles. The van der Waals surface area contributed by atoms with Crippen molar-refractivity contribution >= 4 is 35.2 Å². The number of halogens is 1. The van der Waals surface area contributed by atoms with Crippen LogP contribution in [0, 0.1) is 5.92 Å². The first-order valence-corrected chi connectivity index (χ1v) is 14.6. The molecule has 1 aromatic carbocycles. The number of Topliss-reactive ketones (excluding diaryl/α,β-unsaturated/α-hetero) is 1. The molecule has 0 spiro atoms. The molecule has 6 N–H and O–H groups in total.